The second kappa shape index (κ2) is 6.44. The van der Waals surface area contributed by atoms with Crippen molar-refractivity contribution < 1.29 is 21.6 Å². The van der Waals surface area contributed by atoms with E-state index < -0.39 is 21.6 Å². The van der Waals surface area contributed by atoms with E-state index >= 15 is 0 Å². The van der Waals surface area contributed by atoms with Gasteiger partial charge in [-0.2, -0.15) is 13.2 Å². The molecule has 2 aromatic carbocycles. The number of benzene rings is 2. The number of nitrogens with one attached hydrogen (secondary N) is 1. The average molecular weight is 401 g/mol. The summed E-state index contributed by atoms with van der Waals surface area (Å²) in [6.07, 6.45) is -3.46. The summed E-state index contributed by atoms with van der Waals surface area (Å²) in [5, 5.41) is 0.223. The Hall–Kier alpha value is -2.32. The number of halogens is 4. The lowest BCUT2D eigenvalue weighted by atomic mass is 10.0. The predicted octanol–water partition coefficient (Wildman–Crippen LogP) is 4.82. The highest BCUT2D eigenvalue weighted by molar-refractivity contribution is 7.90. The Kier molecular flexibility index (Phi) is 4.58. The molecule has 0 atom stereocenters. The minimum absolute atomic E-state index is 0.266. The highest BCUT2D eigenvalue weighted by atomic mass is 35.5. The van der Waals surface area contributed by atoms with Crippen LogP contribution in [0.25, 0.3) is 22.5 Å². The molecule has 0 saturated heterocycles. The van der Waals surface area contributed by atoms with Gasteiger partial charge in [-0.1, -0.05) is 35.9 Å². The number of imidazole rings is 1. The molecule has 0 spiro atoms. The third-order valence-corrected chi connectivity index (χ3v) is 4.80. The van der Waals surface area contributed by atoms with Gasteiger partial charge in [0, 0.05) is 22.4 Å². The number of alkyl halides is 3. The quantitative estimate of drug-likeness (QED) is 0.685. The number of aromatic nitrogens is 2. The maximum Gasteiger partial charge on any atom is 0.416 e. The molecule has 0 aliphatic rings. The lowest BCUT2D eigenvalue weighted by molar-refractivity contribution is -0.137. The van der Waals surface area contributed by atoms with Gasteiger partial charge in [-0.15, -0.1) is 0 Å². The van der Waals surface area contributed by atoms with E-state index in [-0.39, 0.29) is 5.16 Å². The third kappa shape index (κ3) is 3.76. The van der Waals surface area contributed by atoms with E-state index in [0.29, 0.717) is 27.5 Å². The molecule has 9 heteroatoms. The highest BCUT2D eigenvalue weighted by Crippen LogP contribution is 2.34. The van der Waals surface area contributed by atoms with Gasteiger partial charge in [-0.3, -0.25) is 0 Å². The van der Waals surface area contributed by atoms with E-state index in [9.17, 15) is 21.6 Å². The molecule has 3 aromatic rings. The van der Waals surface area contributed by atoms with Crippen molar-refractivity contribution in [3.8, 4) is 22.5 Å². The fourth-order valence-electron chi connectivity index (χ4n) is 2.38. The molecule has 0 amide bonds. The van der Waals surface area contributed by atoms with Crippen LogP contribution in [0.2, 0.25) is 5.02 Å². The van der Waals surface area contributed by atoms with Gasteiger partial charge in [0.05, 0.1) is 17.0 Å². The molecule has 26 heavy (non-hydrogen) atoms. The predicted molar refractivity (Wildman–Crippen MR) is 92.6 cm³/mol. The maximum absolute atomic E-state index is 12.8. The van der Waals surface area contributed by atoms with Gasteiger partial charge < -0.3 is 4.98 Å². The van der Waals surface area contributed by atoms with E-state index in [1.807, 2.05) is 0 Å². The average Bonchev–Trinajstić information content (AvgIpc) is 3.00. The van der Waals surface area contributed by atoms with Gasteiger partial charge in [-0.25, -0.2) is 13.4 Å². The van der Waals surface area contributed by atoms with Crippen LogP contribution in [0.5, 0.6) is 0 Å². The molecule has 0 fully saturated rings. The van der Waals surface area contributed by atoms with Crippen molar-refractivity contribution in [3.05, 3.63) is 59.1 Å². The van der Waals surface area contributed by atoms with Crippen molar-refractivity contribution >= 4 is 21.4 Å². The minimum atomic E-state index is -4.45. The number of hydrogen-bond acceptors (Lipinski definition) is 3. The van der Waals surface area contributed by atoms with Gasteiger partial charge in [-0.05, 0) is 24.3 Å². The fraction of sp³-hybridized carbons (Fsp3) is 0.118. The number of sulfone groups is 1. The number of rotatable bonds is 3. The molecule has 3 rings (SSSR count). The van der Waals surface area contributed by atoms with Crippen molar-refractivity contribution in [2.24, 2.45) is 0 Å². The van der Waals surface area contributed by atoms with Crippen LogP contribution in [-0.4, -0.2) is 24.6 Å². The number of H-pyrrole nitrogens is 1. The summed E-state index contributed by atoms with van der Waals surface area (Å²) in [4.78, 5) is 6.82. The van der Waals surface area contributed by atoms with Gasteiger partial charge in [0.15, 0.2) is 0 Å². The molecule has 0 aliphatic carbocycles. The van der Waals surface area contributed by atoms with Crippen molar-refractivity contribution in [3.63, 3.8) is 0 Å². The Labute approximate surface area is 152 Å². The van der Waals surface area contributed by atoms with Crippen LogP contribution in [0.15, 0.2) is 53.7 Å². The Morgan fingerprint density at radius 3 is 2.00 bits per heavy atom. The molecule has 0 saturated carbocycles. The normalized spacial score (nSPS) is 12.3. The standard InChI is InChI=1S/C17H12ClF3N2O2S/c1-26(24,25)16-22-14(10-2-6-12(7-3-10)17(19,20)21)15(23-16)11-4-8-13(18)9-5-11/h2-9H,1H3,(H,22,23). The van der Waals surface area contributed by atoms with Crippen LogP contribution >= 0.6 is 11.6 Å². The van der Waals surface area contributed by atoms with E-state index in [1.165, 1.54) is 12.1 Å². The van der Waals surface area contributed by atoms with Crippen LogP contribution < -0.4 is 0 Å². The van der Waals surface area contributed by atoms with Crippen molar-refractivity contribution in [1.82, 2.24) is 9.97 Å². The smallest absolute Gasteiger partial charge is 0.328 e. The van der Waals surface area contributed by atoms with E-state index in [2.05, 4.69) is 9.97 Å². The maximum atomic E-state index is 12.8. The first-order chi connectivity index (χ1) is 12.1. The number of aromatic amines is 1. The van der Waals surface area contributed by atoms with E-state index in [0.717, 1.165) is 18.4 Å². The Morgan fingerprint density at radius 1 is 0.962 bits per heavy atom. The molecule has 1 N–H and O–H groups in total. The van der Waals surface area contributed by atoms with Gasteiger partial charge in [0.25, 0.3) is 0 Å². The van der Waals surface area contributed by atoms with Crippen LogP contribution in [0, 0.1) is 0 Å². The van der Waals surface area contributed by atoms with E-state index in [1.54, 1.807) is 24.3 Å². The molecule has 0 unspecified atom stereocenters. The monoisotopic (exact) mass is 400 g/mol. The van der Waals surface area contributed by atoms with Crippen molar-refractivity contribution in [2.45, 2.75) is 11.3 Å². The van der Waals surface area contributed by atoms with Crippen LogP contribution in [-0.2, 0) is 16.0 Å². The highest BCUT2D eigenvalue weighted by Gasteiger charge is 2.30. The second-order valence-electron chi connectivity index (χ2n) is 5.62. The molecular weight excluding hydrogens is 389 g/mol. The Balaban J connectivity index is 2.16. The van der Waals surface area contributed by atoms with Crippen LogP contribution in [0.1, 0.15) is 5.56 Å². The Bertz CT molecular complexity index is 1040. The lowest BCUT2D eigenvalue weighted by Crippen LogP contribution is -2.04. The summed E-state index contributed by atoms with van der Waals surface area (Å²) in [6, 6.07) is 10.9. The van der Waals surface area contributed by atoms with Gasteiger partial charge in [0.2, 0.25) is 15.0 Å². The van der Waals surface area contributed by atoms with Crippen molar-refractivity contribution in [1.29, 1.82) is 0 Å². The molecule has 1 aromatic heterocycles. The largest absolute Gasteiger partial charge is 0.416 e. The third-order valence-electron chi connectivity index (χ3n) is 3.65. The summed E-state index contributed by atoms with van der Waals surface area (Å²) in [5.74, 6) is 0. The van der Waals surface area contributed by atoms with Crippen LogP contribution in [0.4, 0.5) is 13.2 Å². The van der Waals surface area contributed by atoms with Gasteiger partial charge >= 0.3 is 6.18 Å². The topological polar surface area (TPSA) is 62.8 Å². The minimum Gasteiger partial charge on any atom is -0.328 e. The first-order valence-corrected chi connectivity index (χ1v) is 9.56. The lowest BCUT2D eigenvalue weighted by Gasteiger charge is -2.08. The molecule has 0 bridgehead atoms. The van der Waals surface area contributed by atoms with Crippen LogP contribution in [0.3, 0.4) is 0 Å². The molecular formula is C17H12ClF3N2O2S. The molecule has 0 radical (unpaired) electrons. The summed E-state index contributed by atoms with van der Waals surface area (Å²) in [7, 11) is -3.63. The Morgan fingerprint density at radius 2 is 1.50 bits per heavy atom. The molecule has 136 valence electrons. The number of nitrogens with zero attached hydrogens (tertiary/aromatic N) is 1. The summed E-state index contributed by atoms with van der Waals surface area (Å²) < 4.78 is 61.9. The fourth-order valence-corrected chi connectivity index (χ4v) is 3.05. The zero-order valence-corrected chi connectivity index (χ0v) is 14.9. The SMILES string of the molecule is CS(=O)(=O)c1nc(-c2ccc(Cl)cc2)c(-c2ccc(C(F)(F)F)cc2)[nH]1. The second-order valence-corrected chi connectivity index (χ2v) is 7.99. The first kappa shape index (κ1) is 18.5. The zero-order chi connectivity index (χ0) is 19.1. The molecule has 0 aliphatic heterocycles. The van der Waals surface area contributed by atoms with Gasteiger partial charge in [0.1, 0.15) is 0 Å². The molecule has 1 heterocycles. The summed E-state index contributed by atoms with van der Waals surface area (Å²) in [6.45, 7) is 0. The summed E-state index contributed by atoms with van der Waals surface area (Å²) in [5.41, 5.74) is 0.779. The van der Waals surface area contributed by atoms with Crippen molar-refractivity contribution in [2.75, 3.05) is 6.26 Å². The zero-order valence-electron chi connectivity index (χ0n) is 13.3. The number of hydrogen-bond donors (Lipinski definition) is 1. The molecule has 4 nitrogen and oxygen atoms in total. The summed E-state index contributed by atoms with van der Waals surface area (Å²) >= 11 is 5.86. The first-order valence-electron chi connectivity index (χ1n) is 7.29. The van der Waals surface area contributed by atoms with E-state index in [4.69, 9.17) is 11.6 Å².